The van der Waals surface area contributed by atoms with Gasteiger partial charge in [0.05, 0.1) is 0 Å². The molecule has 2 unspecified atom stereocenters. The number of hydrogen-bond acceptors (Lipinski definition) is 1. The SMILES string of the molecule is CCSCCCC1(C)CCC(Cl)C1. The monoisotopic (exact) mass is 220 g/mol. The first-order chi connectivity index (χ1) is 6.16. The van der Waals surface area contributed by atoms with E-state index >= 15 is 0 Å². The Kier molecular flexibility index (Phi) is 4.96. The first-order valence-corrected chi connectivity index (χ1v) is 6.97. The smallest absolute Gasteiger partial charge is 0.0341 e. The maximum absolute atomic E-state index is 6.13. The molecule has 0 nitrogen and oxygen atoms in total. The van der Waals surface area contributed by atoms with E-state index in [4.69, 9.17) is 11.6 Å². The fraction of sp³-hybridized carbons (Fsp3) is 1.00. The van der Waals surface area contributed by atoms with Gasteiger partial charge in [-0.2, -0.15) is 11.8 Å². The molecule has 1 aliphatic rings. The van der Waals surface area contributed by atoms with Crippen molar-refractivity contribution < 1.29 is 0 Å². The Labute approximate surface area is 91.8 Å². The maximum Gasteiger partial charge on any atom is 0.0341 e. The molecule has 1 fully saturated rings. The molecule has 1 rings (SSSR count). The standard InChI is InChI=1S/C11H21ClS/c1-3-13-8-4-6-11(2)7-5-10(12)9-11/h10H,3-9H2,1-2H3. The Morgan fingerprint density at radius 1 is 1.54 bits per heavy atom. The lowest BCUT2D eigenvalue weighted by molar-refractivity contribution is 0.306. The third-order valence-corrected chi connectivity index (χ3v) is 4.41. The van der Waals surface area contributed by atoms with Gasteiger partial charge in [0.15, 0.2) is 0 Å². The molecule has 2 heteroatoms. The number of alkyl halides is 1. The lowest BCUT2D eigenvalue weighted by Crippen LogP contribution is -2.12. The number of rotatable bonds is 5. The molecule has 78 valence electrons. The summed E-state index contributed by atoms with van der Waals surface area (Å²) >= 11 is 8.19. The van der Waals surface area contributed by atoms with Gasteiger partial charge in [-0.25, -0.2) is 0 Å². The average molecular weight is 221 g/mol. The Morgan fingerprint density at radius 3 is 2.85 bits per heavy atom. The molecule has 0 amide bonds. The summed E-state index contributed by atoms with van der Waals surface area (Å²) < 4.78 is 0. The molecular weight excluding hydrogens is 200 g/mol. The second-order valence-electron chi connectivity index (χ2n) is 4.45. The van der Waals surface area contributed by atoms with Crippen molar-refractivity contribution in [3.05, 3.63) is 0 Å². The zero-order valence-electron chi connectivity index (χ0n) is 8.81. The topological polar surface area (TPSA) is 0 Å². The highest BCUT2D eigenvalue weighted by Crippen LogP contribution is 2.43. The van der Waals surface area contributed by atoms with Gasteiger partial charge in [-0.15, -0.1) is 11.6 Å². The summed E-state index contributed by atoms with van der Waals surface area (Å²) in [5.74, 6) is 2.59. The lowest BCUT2D eigenvalue weighted by atomic mass is 9.84. The van der Waals surface area contributed by atoms with Gasteiger partial charge in [-0.05, 0) is 49.0 Å². The van der Waals surface area contributed by atoms with Crippen molar-refractivity contribution in [2.45, 2.75) is 51.3 Å². The van der Waals surface area contributed by atoms with Crippen molar-refractivity contribution in [1.29, 1.82) is 0 Å². The minimum atomic E-state index is 0.462. The Balaban J connectivity index is 2.12. The van der Waals surface area contributed by atoms with Crippen molar-refractivity contribution in [3.63, 3.8) is 0 Å². The zero-order chi connectivity index (χ0) is 9.73. The van der Waals surface area contributed by atoms with E-state index in [1.54, 1.807) is 0 Å². The van der Waals surface area contributed by atoms with Gasteiger partial charge >= 0.3 is 0 Å². The third kappa shape index (κ3) is 4.12. The van der Waals surface area contributed by atoms with E-state index < -0.39 is 0 Å². The summed E-state index contributed by atoms with van der Waals surface area (Å²) in [6.45, 7) is 4.64. The summed E-state index contributed by atoms with van der Waals surface area (Å²) in [6, 6.07) is 0. The zero-order valence-corrected chi connectivity index (χ0v) is 10.4. The molecule has 0 saturated heterocycles. The van der Waals surface area contributed by atoms with Crippen LogP contribution in [-0.4, -0.2) is 16.9 Å². The fourth-order valence-corrected chi connectivity index (χ4v) is 3.34. The Bertz CT molecular complexity index is 149. The molecular formula is C11H21ClS. The van der Waals surface area contributed by atoms with Crippen LogP contribution in [0.3, 0.4) is 0 Å². The molecule has 0 aromatic heterocycles. The van der Waals surface area contributed by atoms with Crippen molar-refractivity contribution in [2.75, 3.05) is 11.5 Å². The van der Waals surface area contributed by atoms with E-state index in [2.05, 4.69) is 25.6 Å². The normalized spacial score (nSPS) is 33.9. The van der Waals surface area contributed by atoms with E-state index in [9.17, 15) is 0 Å². The molecule has 2 atom stereocenters. The van der Waals surface area contributed by atoms with Crippen LogP contribution < -0.4 is 0 Å². The summed E-state index contributed by atoms with van der Waals surface area (Å²) in [5, 5.41) is 0.462. The van der Waals surface area contributed by atoms with Crippen molar-refractivity contribution in [3.8, 4) is 0 Å². The first-order valence-electron chi connectivity index (χ1n) is 5.38. The molecule has 0 aromatic carbocycles. The van der Waals surface area contributed by atoms with Crippen LogP contribution in [0, 0.1) is 5.41 Å². The van der Waals surface area contributed by atoms with Gasteiger partial charge in [0.1, 0.15) is 0 Å². The summed E-state index contributed by atoms with van der Waals surface area (Å²) in [6.07, 6.45) is 6.57. The fourth-order valence-electron chi connectivity index (χ4n) is 2.22. The molecule has 0 aliphatic heterocycles. The average Bonchev–Trinajstić information content (AvgIpc) is 2.41. The molecule has 1 saturated carbocycles. The van der Waals surface area contributed by atoms with Gasteiger partial charge in [-0.1, -0.05) is 13.8 Å². The summed E-state index contributed by atoms with van der Waals surface area (Å²) in [4.78, 5) is 0. The second kappa shape index (κ2) is 5.50. The van der Waals surface area contributed by atoms with Crippen LogP contribution in [0.25, 0.3) is 0 Å². The Morgan fingerprint density at radius 2 is 2.31 bits per heavy atom. The van der Waals surface area contributed by atoms with Crippen LogP contribution in [-0.2, 0) is 0 Å². The molecule has 1 aliphatic carbocycles. The van der Waals surface area contributed by atoms with E-state index in [-0.39, 0.29) is 0 Å². The van der Waals surface area contributed by atoms with Crippen LogP contribution in [0.2, 0.25) is 0 Å². The maximum atomic E-state index is 6.13. The predicted octanol–water partition coefficient (Wildman–Crippen LogP) is 4.32. The van der Waals surface area contributed by atoms with E-state index in [1.807, 2.05) is 0 Å². The van der Waals surface area contributed by atoms with Crippen LogP contribution in [0.1, 0.15) is 46.0 Å². The van der Waals surface area contributed by atoms with Crippen LogP contribution >= 0.6 is 23.4 Å². The number of hydrogen-bond donors (Lipinski definition) is 0. The second-order valence-corrected chi connectivity index (χ2v) is 6.46. The highest BCUT2D eigenvalue weighted by Gasteiger charge is 2.33. The summed E-state index contributed by atoms with van der Waals surface area (Å²) in [7, 11) is 0. The van der Waals surface area contributed by atoms with E-state index in [1.165, 1.54) is 43.6 Å². The Hall–Kier alpha value is 0.640. The number of thioether (sulfide) groups is 1. The predicted molar refractivity (Wildman–Crippen MR) is 63.8 cm³/mol. The summed E-state index contributed by atoms with van der Waals surface area (Å²) in [5.41, 5.74) is 0.570. The molecule has 13 heavy (non-hydrogen) atoms. The quantitative estimate of drug-likeness (QED) is 0.491. The van der Waals surface area contributed by atoms with E-state index in [0.717, 1.165) is 0 Å². The highest BCUT2D eigenvalue weighted by molar-refractivity contribution is 7.99. The van der Waals surface area contributed by atoms with Crippen LogP contribution in [0.15, 0.2) is 0 Å². The lowest BCUT2D eigenvalue weighted by Gasteiger charge is -2.23. The molecule has 0 spiro atoms. The van der Waals surface area contributed by atoms with Gasteiger partial charge in [-0.3, -0.25) is 0 Å². The minimum absolute atomic E-state index is 0.462. The molecule has 0 bridgehead atoms. The number of halogens is 1. The molecule has 0 N–H and O–H groups in total. The molecule has 0 aromatic rings. The highest BCUT2D eigenvalue weighted by atomic mass is 35.5. The minimum Gasteiger partial charge on any atom is -0.162 e. The molecule has 0 heterocycles. The van der Waals surface area contributed by atoms with Gasteiger partial charge in [0, 0.05) is 5.38 Å². The van der Waals surface area contributed by atoms with Crippen molar-refractivity contribution >= 4 is 23.4 Å². The van der Waals surface area contributed by atoms with Crippen LogP contribution in [0.4, 0.5) is 0 Å². The van der Waals surface area contributed by atoms with E-state index in [0.29, 0.717) is 10.8 Å². The first kappa shape index (κ1) is 11.7. The largest absolute Gasteiger partial charge is 0.162 e. The van der Waals surface area contributed by atoms with Crippen molar-refractivity contribution in [2.24, 2.45) is 5.41 Å². The van der Waals surface area contributed by atoms with Gasteiger partial charge in [0.2, 0.25) is 0 Å². The van der Waals surface area contributed by atoms with Gasteiger partial charge < -0.3 is 0 Å². The molecule has 0 radical (unpaired) electrons. The third-order valence-electron chi connectivity index (χ3n) is 3.05. The van der Waals surface area contributed by atoms with Crippen molar-refractivity contribution in [1.82, 2.24) is 0 Å². The van der Waals surface area contributed by atoms with Gasteiger partial charge in [0.25, 0.3) is 0 Å². The van der Waals surface area contributed by atoms with Crippen LogP contribution in [0.5, 0.6) is 0 Å².